The molecule has 0 fully saturated rings. The molecule has 138 valence electrons. The smallest absolute Gasteiger partial charge is 0.257 e. The van der Waals surface area contributed by atoms with Crippen LogP contribution in [0.2, 0.25) is 5.02 Å². The van der Waals surface area contributed by atoms with Gasteiger partial charge < -0.3 is 10.6 Å². The Kier molecular flexibility index (Phi) is 4.59. The second-order valence-electron chi connectivity index (χ2n) is 5.52. The van der Waals surface area contributed by atoms with E-state index in [0.29, 0.717) is 12.1 Å². The van der Waals surface area contributed by atoms with Gasteiger partial charge in [-0.25, -0.2) is 21.6 Å². The minimum Gasteiger partial charge on any atom is -0.368 e. The van der Waals surface area contributed by atoms with Gasteiger partial charge in [-0.3, -0.25) is 4.79 Å². The lowest BCUT2D eigenvalue weighted by atomic mass is 10.1. The van der Waals surface area contributed by atoms with Gasteiger partial charge in [-0.1, -0.05) is 11.6 Å². The molecule has 1 atom stereocenters. The number of anilines is 2. The zero-order valence-corrected chi connectivity index (χ0v) is 14.6. The average Bonchev–Trinajstić information content (AvgIpc) is 2.50. The Morgan fingerprint density at radius 2 is 1.77 bits per heavy atom. The Morgan fingerprint density at radius 1 is 1.15 bits per heavy atom. The highest BCUT2D eigenvalue weighted by Gasteiger charge is 2.29. The number of halogens is 4. The summed E-state index contributed by atoms with van der Waals surface area (Å²) in [6, 6.07) is 3.46. The second-order valence-corrected chi connectivity index (χ2v) is 7.61. The highest BCUT2D eigenvalue weighted by Crippen LogP contribution is 2.32. The highest BCUT2D eigenvalue weighted by molar-refractivity contribution is 7.89. The molecule has 3 N–H and O–H groups in total. The van der Waals surface area contributed by atoms with Gasteiger partial charge in [-0.15, -0.1) is 0 Å². The van der Waals surface area contributed by atoms with Crippen molar-refractivity contribution in [2.24, 2.45) is 0 Å². The Hall–Kier alpha value is -2.30. The van der Waals surface area contributed by atoms with Crippen LogP contribution in [0.15, 0.2) is 29.2 Å². The molecular weight excluding hydrogens is 395 g/mol. The fraction of sp³-hybridized carbons (Fsp3) is 0.133. The van der Waals surface area contributed by atoms with Crippen molar-refractivity contribution >= 4 is 38.9 Å². The van der Waals surface area contributed by atoms with E-state index in [1.54, 1.807) is 6.92 Å². The zero-order valence-electron chi connectivity index (χ0n) is 13.0. The molecule has 0 bridgehead atoms. The van der Waals surface area contributed by atoms with Gasteiger partial charge in [-0.2, -0.15) is 4.72 Å². The Labute approximate surface area is 151 Å². The van der Waals surface area contributed by atoms with Crippen molar-refractivity contribution in [1.29, 1.82) is 0 Å². The van der Waals surface area contributed by atoms with Crippen molar-refractivity contribution in [2.75, 3.05) is 10.6 Å². The van der Waals surface area contributed by atoms with Crippen LogP contribution in [-0.4, -0.2) is 20.5 Å². The Bertz CT molecular complexity index is 1010. The van der Waals surface area contributed by atoms with E-state index < -0.39 is 39.5 Å². The van der Waals surface area contributed by atoms with E-state index in [4.69, 9.17) is 11.6 Å². The van der Waals surface area contributed by atoms with Gasteiger partial charge in [0.25, 0.3) is 5.91 Å². The Balaban J connectivity index is 1.99. The van der Waals surface area contributed by atoms with Crippen LogP contribution in [0.25, 0.3) is 0 Å². The van der Waals surface area contributed by atoms with Crippen molar-refractivity contribution in [2.45, 2.75) is 18.0 Å². The number of carbonyl (C=O) groups excluding carboxylic acids is 1. The van der Waals surface area contributed by atoms with Crippen LogP contribution in [0.5, 0.6) is 0 Å². The molecule has 0 saturated carbocycles. The molecule has 1 aliphatic heterocycles. The molecule has 0 aliphatic carbocycles. The standard InChI is InChI=1S/C15H11ClF3N3O3S/c1-6-20-12-5-9(16)8(4-13(12)26(24,25)22-6)15(23)21-7-2-10(17)14(19)11(18)3-7/h2-6,20,22H,1H3,(H,21,23). The Morgan fingerprint density at radius 3 is 2.38 bits per heavy atom. The lowest BCUT2D eigenvalue weighted by Crippen LogP contribution is -2.42. The number of rotatable bonds is 2. The van der Waals surface area contributed by atoms with Gasteiger partial charge in [0.1, 0.15) is 4.90 Å². The number of hydrogen-bond acceptors (Lipinski definition) is 4. The number of nitrogens with one attached hydrogen (secondary N) is 3. The van der Waals surface area contributed by atoms with Gasteiger partial charge in [0, 0.05) is 17.8 Å². The van der Waals surface area contributed by atoms with Crippen LogP contribution in [-0.2, 0) is 10.0 Å². The molecule has 2 aromatic rings. The summed E-state index contributed by atoms with van der Waals surface area (Å²) in [4.78, 5) is 12.1. The number of carbonyl (C=O) groups is 1. The molecule has 0 aromatic heterocycles. The molecule has 26 heavy (non-hydrogen) atoms. The van der Waals surface area contributed by atoms with Crippen LogP contribution in [0, 0.1) is 17.5 Å². The van der Waals surface area contributed by atoms with Crippen LogP contribution in [0.3, 0.4) is 0 Å². The average molecular weight is 406 g/mol. The number of benzene rings is 2. The molecule has 1 heterocycles. The zero-order chi connectivity index (χ0) is 19.2. The van der Waals surface area contributed by atoms with E-state index >= 15 is 0 Å². The van der Waals surface area contributed by atoms with Crippen molar-refractivity contribution in [3.63, 3.8) is 0 Å². The fourth-order valence-corrected chi connectivity index (χ4v) is 4.03. The maximum absolute atomic E-state index is 13.2. The SMILES string of the molecule is CC1Nc2cc(Cl)c(C(=O)Nc3cc(F)c(F)c(F)c3)cc2S(=O)(=O)N1. The predicted molar refractivity (Wildman–Crippen MR) is 89.1 cm³/mol. The van der Waals surface area contributed by atoms with Crippen molar-refractivity contribution in [1.82, 2.24) is 4.72 Å². The number of sulfonamides is 1. The number of hydrogen-bond donors (Lipinski definition) is 3. The molecule has 1 amide bonds. The summed E-state index contributed by atoms with van der Waals surface area (Å²) in [5.41, 5.74) is -0.387. The summed E-state index contributed by atoms with van der Waals surface area (Å²) in [5, 5.41) is 4.91. The summed E-state index contributed by atoms with van der Waals surface area (Å²) in [6.07, 6.45) is -0.576. The molecule has 0 saturated heterocycles. The van der Waals surface area contributed by atoms with Crippen molar-refractivity contribution in [3.05, 3.63) is 52.3 Å². The molecule has 11 heteroatoms. The normalized spacial score (nSPS) is 18.0. The van der Waals surface area contributed by atoms with Crippen LogP contribution in [0.1, 0.15) is 17.3 Å². The maximum atomic E-state index is 13.2. The third-order valence-corrected chi connectivity index (χ3v) is 5.44. The van der Waals surface area contributed by atoms with Crippen molar-refractivity contribution < 1.29 is 26.4 Å². The van der Waals surface area contributed by atoms with Gasteiger partial charge in [0.15, 0.2) is 17.5 Å². The minimum atomic E-state index is -3.88. The first-order valence-corrected chi connectivity index (χ1v) is 9.03. The summed E-state index contributed by atoms with van der Waals surface area (Å²) in [5.74, 6) is -5.56. The van der Waals surface area contributed by atoms with E-state index in [-0.39, 0.29) is 26.9 Å². The first-order valence-electron chi connectivity index (χ1n) is 7.17. The largest absolute Gasteiger partial charge is 0.368 e. The third-order valence-electron chi connectivity index (χ3n) is 3.55. The van der Waals surface area contributed by atoms with E-state index in [9.17, 15) is 26.4 Å². The maximum Gasteiger partial charge on any atom is 0.257 e. The summed E-state index contributed by atoms with van der Waals surface area (Å²) >= 11 is 6.03. The van der Waals surface area contributed by atoms with E-state index in [0.717, 1.165) is 6.07 Å². The van der Waals surface area contributed by atoms with Gasteiger partial charge in [-0.05, 0) is 19.1 Å². The monoisotopic (exact) mass is 405 g/mol. The molecule has 3 rings (SSSR count). The third kappa shape index (κ3) is 3.35. The fourth-order valence-electron chi connectivity index (χ4n) is 2.45. The molecule has 2 aromatic carbocycles. The van der Waals surface area contributed by atoms with Gasteiger partial charge in [0.2, 0.25) is 10.0 Å². The lowest BCUT2D eigenvalue weighted by molar-refractivity contribution is 0.102. The first kappa shape index (κ1) is 18.5. The molecule has 1 aliphatic rings. The van der Waals surface area contributed by atoms with Gasteiger partial charge in [0.05, 0.1) is 22.4 Å². The van der Waals surface area contributed by atoms with E-state index in [1.165, 1.54) is 6.07 Å². The number of amides is 1. The molecule has 0 radical (unpaired) electrons. The summed E-state index contributed by atoms with van der Waals surface area (Å²) in [6.45, 7) is 1.58. The predicted octanol–water partition coefficient (Wildman–Crippen LogP) is 3.06. The van der Waals surface area contributed by atoms with Crippen LogP contribution >= 0.6 is 11.6 Å². The van der Waals surface area contributed by atoms with Crippen LogP contribution < -0.4 is 15.4 Å². The van der Waals surface area contributed by atoms with Gasteiger partial charge >= 0.3 is 0 Å². The topological polar surface area (TPSA) is 87.3 Å². The first-order chi connectivity index (χ1) is 12.1. The molecule has 0 spiro atoms. The second kappa shape index (κ2) is 6.45. The van der Waals surface area contributed by atoms with Crippen LogP contribution in [0.4, 0.5) is 24.5 Å². The number of fused-ring (bicyclic) bond motifs is 1. The lowest BCUT2D eigenvalue weighted by Gasteiger charge is -2.26. The quantitative estimate of drug-likeness (QED) is 0.670. The molecular formula is C15H11ClF3N3O3S. The summed E-state index contributed by atoms with van der Waals surface area (Å²) in [7, 11) is -3.88. The van der Waals surface area contributed by atoms with Crippen molar-refractivity contribution in [3.8, 4) is 0 Å². The minimum absolute atomic E-state index is 0.0823. The highest BCUT2D eigenvalue weighted by atomic mass is 35.5. The van der Waals surface area contributed by atoms with E-state index in [2.05, 4.69) is 15.4 Å². The molecule has 6 nitrogen and oxygen atoms in total. The molecule has 1 unspecified atom stereocenters. The summed E-state index contributed by atoms with van der Waals surface area (Å²) < 4.78 is 66.2. The van der Waals surface area contributed by atoms with E-state index in [1.807, 2.05) is 0 Å².